The Bertz CT molecular complexity index is 2940. The van der Waals surface area contributed by atoms with Gasteiger partial charge in [-0.3, -0.25) is 5.04 Å². The quantitative estimate of drug-likeness (QED) is 0.00411. The van der Waals surface area contributed by atoms with E-state index in [0.29, 0.717) is 12.0 Å². The van der Waals surface area contributed by atoms with Gasteiger partial charge in [-0.05, 0) is 35.4 Å². The molecule has 0 aliphatic carbocycles. The summed E-state index contributed by atoms with van der Waals surface area (Å²) in [5, 5.41) is 123. The minimum atomic E-state index is -5.37. The Morgan fingerprint density at radius 2 is 0.938 bits per heavy atom. The van der Waals surface area contributed by atoms with E-state index in [9.17, 15) is 85.0 Å². The second kappa shape index (κ2) is 36.5. The molecule has 0 saturated carbocycles. The van der Waals surface area contributed by atoms with E-state index >= 15 is 0 Å². The average molecular weight is 1250 g/mol. The largest absolute Gasteiger partial charge is 1.00 e. The Morgan fingerprint density at radius 3 is 1.29 bits per heavy atom. The number of benzene rings is 2. The van der Waals surface area contributed by atoms with Crippen molar-refractivity contribution in [1.82, 2.24) is 29.9 Å². The summed E-state index contributed by atoms with van der Waals surface area (Å²) in [6, 6.07) is 6.34. The van der Waals surface area contributed by atoms with E-state index in [-0.39, 0.29) is 177 Å². The van der Waals surface area contributed by atoms with Gasteiger partial charge in [0, 0.05) is 69.4 Å². The fourth-order valence-corrected chi connectivity index (χ4v) is 8.36. The fourth-order valence-electron chi connectivity index (χ4n) is 6.32. The summed E-state index contributed by atoms with van der Waals surface area (Å²) in [5.74, 6) is -2.69. The molecule has 80 heavy (non-hydrogen) atoms. The summed E-state index contributed by atoms with van der Waals surface area (Å²) in [4.78, 5) is 25.3. The molecule has 0 aliphatic rings. The zero-order valence-corrected chi connectivity index (χ0v) is 54.7. The molecule has 0 fully saturated rings. The molecule has 8 unspecified atom stereocenters. The molecular formula is C38H52N12Na4O22S4. The summed E-state index contributed by atoms with van der Waals surface area (Å²) >= 11 is 0.612. The average Bonchev–Trinajstić information content (AvgIpc) is 3.35. The van der Waals surface area contributed by atoms with Gasteiger partial charge in [-0.25, -0.2) is 25.3 Å². The van der Waals surface area contributed by atoms with E-state index in [2.05, 4.69) is 60.5 Å². The van der Waals surface area contributed by atoms with Crippen LogP contribution in [0.4, 0.5) is 47.1 Å². The third kappa shape index (κ3) is 25.3. The van der Waals surface area contributed by atoms with Gasteiger partial charge >= 0.3 is 118 Å². The smallest absolute Gasteiger partial charge is 0.748 e. The molecule has 34 nitrogen and oxygen atoms in total. The van der Waals surface area contributed by atoms with Gasteiger partial charge in [-0.2, -0.15) is 34.2 Å². The van der Waals surface area contributed by atoms with Crippen LogP contribution in [-0.2, 0) is 39.7 Å². The topological polar surface area (TPSA) is 547 Å². The van der Waals surface area contributed by atoms with Gasteiger partial charge < -0.3 is 101 Å². The van der Waals surface area contributed by atoms with Crippen LogP contribution in [0.25, 0.3) is 12.2 Å². The minimum Gasteiger partial charge on any atom is -0.748 e. The number of nitrogens with zero attached hydrogens (tertiary/aromatic N) is 8. The van der Waals surface area contributed by atoms with Gasteiger partial charge in [0.15, 0.2) is 0 Å². The van der Waals surface area contributed by atoms with Crippen LogP contribution in [0.15, 0.2) is 46.2 Å². The second-order valence-electron chi connectivity index (χ2n) is 16.0. The van der Waals surface area contributed by atoms with Crippen molar-refractivity contribution < 1.29 is 223 Å². The fraction of sp³-hybridized carbons (Fsp3) is 0.474. The molecule has 2 heterocycles. The molecule has 8 atom stereocenters. The molecular weight excluding hydrogens is 1200 g/mol. The summed E-state index contributed by atoms with van der Waals surface area (Å²) in [6.07, 6.45) is -13.1. The minimum absolute atomic E-state index is 0. The molecule has 42 heteroatoms. The van der Waals surface area contributed by atoms with E-state index in [1.54, 1.807) is 0 Å². The number of hydrogen-bond donors (Lipinski definition) is 14. The van der Waals surface area contributed by atoms with Crippen molar-refractivity contribution >= 4 is 102 Å². The van der Waals surface area contributed by atoms with Crippen LogP contribution in [-0.4, -0.2) is 234 Å². The van der Waals surface area contributed by atoms with Crippen molar-refractivity contribution in [3.8, 4) is 0 Å². The standard InChI is InChI=1S/C38H56N12O22S4.4Na/c1-49(15-23(53)29(57)31(59)25(55)17-51)37-45-33(39-9-11-73-72-71-61)43-35(47-37)41-21-7-5-19(27(13-21)75(65,66)67)3-4-20-6-8-22(14-28(20)76(68,69)70)42-36-44-34(40-10-12-74(62,63)64)46-38(48-36)50(2)16-24(54)30(58)32(60)26(56)18-52;;;;/h3-8,13-14,23-26,29-32,51-61H,9-12,15-18H2,1-2H3,(H,62,63,64)(H,65,66,67)(H,68,69,70)(H2,39,41,43,45,47)(H2,40,42,44,46,48);;;;/q;4*+1/p-4. The number of aliphatic hydroxyl groups excluding tert-OH is 10. The van der Waals surface area contributed by atoms with E-state index in [1.165, 1.54) is 31.1 Å². The summed E-state index contributed by atoms with van der Waals surface area (Å²) in [5.41, 5.74) is -0.968. The van der Waals surface area contributed by atoms with Crippen molar-refractivity contribution in [1.29, 1.82) is 0 Å². The number of aromatic nitrogens is 6. The van der Waals surface area contributed by atoms with Gasteiger partial charge in [-0.1, -0.05) is 24.3 Å². The van der Waals surface area contributed by atoms with Crippen molar-refractivity contribution in [3.63, 3.8) is 0 Å². The van der Waals surface area contributed by atoms with Crippen LogP contribution in [0.3, 0.4) is 0 Å². The molecule has 424 valence electrons. The van der Waals surface area contributed by atoms with Crippen LogP contribution in [0.1, 0.15) is 11.1 Å². The maximum atomic E-state index is 12.6. The van der Waals surface area contributed by atoms with Gasteiger partial charge in [0.25, 0.3) is 0 Å². The van der Waals surface area contributed by atoms with Crippen molar-refractivity contribution in [2.24, 2.45) is 0 Å². The summed E-state index contributed by atoms with van der Waals surface area (Å²) < 4.78 is 114. The zero-order valence-electron chi connectivity index (χ0n) is 43.5. The number of nitrogens with one attached hydrogen (secondary N) is 4. The van der Waals surface area contributed by atoms with Gasteiger partial charge in [0.2, 0.25) is 35.7 Å². The number of rotatable bonds is 32. The summed E-state index contributed by atoms with van der Waals surface area (Å²) in [6.45, 7) is -3.43. The molecule has 4 aromatic rings. The molecule has 2 aromatic carbocycles. The Kier molecular flexibility index (Phi) is 35.9. The summed E-state index contributed by atoms with van der Waals surface area (Å²) in [7, 11) is -12.8. The Hall–Kier alpha value is -1.44. The van der Waals surface area contributed by atoms with Gasteiger partial charge in [0.05, 0.1) is 38.9 Å². The SMILES string of the molecule is CN(CC(O)C(O)C(O)C(O)CO)c1nc(NCCSOO[O-])nc(Nc2ccc(C=Cc3ccc(Nc4nc(NCCS(=O)(=O)[O-])nc(N(C)CC(O)C(O)C(O)C(O)CO)n4)cc3S(=O)(=O)[O-])c(S(=O)(=O)[O-])c2)n1.[Na+].[Na+].[Na+].[Na+]. The first kappa shape index (κ1) is 78.6. The predicted octanol–water partition coefficient (Wildman–Crippen LogP) is -18.5. The molecule has 0 spiro atoms. The predicted molar refractivity (Wildman–Crippen MR) is 259 cm³/mol. The van der Waals surface area contributed by atoms with Crippen LogP contribution >= 0.6 is 12.0 Å². The Labute approximate surface area is 550 Å². The van der Waals surface area contributed by atoms with E-state index in [4.69, 9.17) is 10.2 Å². The van der Waals surface area contributed by atoms with Crippen molar-refractivity contribution in [3.05, 3.63) is 47.5 Å². The van der Waals surface area contributed by atoms with E-state index in [0.717, 1.165) is 41.3 Å². The number of anilines is 8. The molecule has 0 saturated heterocycles. The van der Waals surface area contributed by atoms with E-state index in [1.807, 2.05) is 0 Å². The van der Waals surface area contributed by atoms with Crippen LogP contribution in [0.5, 0.6) is 0 Å². The van der Waals surface area contributed by atoms with Crippen LogP contribution < -0.4 is 155 Å². The molecule has 4 rings (SSSR count). The van der Waals surface area contributed by atoms with Crippen molar-refractivity contribution in [2.75, 3.05) is 96.1 Å². The molecule has 0 bridgehead atoms. The van der Waals surface area contributed by atoms with Gasteiger partial charge in [-0.15, -0.1) is 0 Å². The van der Waals surface area contributed by atoms with Crippen LogP contribution in [0, 0.1) is 0 Å². The number of likely N-dealkylation sites (N-methyl/N-ethyl adjacent to an activating group) is 2. The first-order chi connectivity index (χ1) is 35.5. The van der Waals surface area contributed by atoms with Gasteiger partial charge in [0.1, 0.15) is 69.1 Å². The molecule has 2 aromatic heterocycles. The molecule has 14 N–H and O–H groups in total. The first-order valence-electron chi connectivity index (χ1n) is 21.6. The third-order valence-corrected chi connectivity index (χ3v) is 13.2. The second-order valence-corrected chi connectivity index (χ2v) is 21.0. The Balaban J connectivity index is 0.0000156. The van der Waals surface area contributed by atoms with Crippen molar-refractivity contribution in [2.45, 2.75) is 58.6 Å². The molecule has 0 radical (unpaired) electrons. The number of hydrogen-bond acceptors (Lipinski definition) is 35. The third-order valence-electron chi connectivity index (χ3n) is 10.2. The van der Waals surface area contributed by atoms with E-state index < -0.39 is 139 Å². The van der Waals surface area contributed by atoms with Crippen LogP contribution in [0.2, 0.25) is 0 Å². The first-order valence-corrected chi connectivity index (χ1v) is 26.9. The normalized spacial score (nSPS) is 14.8. The number of aliphatic hydroxyl groups is 10. The zero-order chi connectivity index (χ0) is 56.7. The monoisotopic (exact) mass is 1250 g/mol. The molecule has 0 aliphatic heterocycles. The maximum absolute atomic E-state index is 12.6. The Morgan fingerprint density at radius 1 is 0.575 bits per heavy atom. The maximum Gasteiger partial charge on any atom is 1.00 e. The molecule has 0 amide bonds.